The summed E-state index contributed by atoms with van der Waals surface area (Å²) < 4.78 is 33.6. The van der Waals surface area contributed by atoms with E-state index in [2.05, 4.69) is 24.9 Å². The number of nitrogens with one attached hydrogen (secondary N) is 2. The second kappa shape index (κ2) is 6.86. The van der Waals surface area contributed by atoms with Crippen LogP contribution in [0.3, 0.4) is 0 Å². The van der Waals surface area contributed by atoms with Gasteiger partial charge in [-0.25, -0.2) is 23.1 Å². The van der Waals surface area contributed by atoms with E-state index in [0.717, 1.165) is 12.8 Å². The SMILES string of the molecule is Cc1n[nH]c(C)c1S(=O)(=O)NC1CCC(Oc2ncccn2)CC1. The molecule has 0 unspecified atom stereocenters. The van der Waals surface area contributed by atoms with Crippen molar-refractivity contribution in [3.8, 4) is 6.01 Å². The molecule has 0 aromatic carbocycles. The molecule has 24 heavy (non-hydrogen) atoms. The third-order valence-corrected chi connectivity index (χ3v) is 5.92. The highest BCUT2D eigenvalue weighted by Gasteiger charge is 2.29. The summed E-state index contributed by atoms with van der Waals surface area (Å²) in [7, 11) is -3.56. The molecule has 8 nitrogen and oxygen atoms in total. The molecule has 0 atom stereocenters. The fraction of sp³-hybridized carbons (Fsp3) is 0.533. The van der Waals surface area contributed by atoms with Gasteiger partial charge in [0.25, 0.3) is 0 Å². The summed E-state index contributed by atoms with van der Waals surface area (Å²) in [6.45, 7) is 3.39. The molecule has 1 aliphatic rings. The number of H-pyrrole nitrogens is 1. The molecule has 1 saturated carbocycles. The third kappa shape index (κ3) is 3.73. The van der Waals surface area contributed by atoms with Gasteiger partial charge in [0.15, 0.2) is 0 Å². The van der Waals surface area contributed by atoms with Crippen molar-refractivity contribution in [1.29, 1.82) is 0 Å². The van der Waals surface area contributed by atoms with E-state index in [-0.39, 0.29) is 17.0 Å². The number of aromatic nitrogens is 4. The van der Waals surface area contributed by atoms with Gasteiger partial charge in [0.2, 0.25) is 10.0 Å². The standard InChI is InChI=1S/C15H21N5O3S/c1-10-14(11(2)19-18-10)24(21,22)20-12-4-6-13(7-5-12)23-15-16-8-3-9-17-15/h3,8-9,12-13,20H,4-7H2,1-2H3,(H,18,19). The Balaban J connectivity index is 1.57. The van der Waals surface area contributed by atoms with Gasteiger partial charge in [-0.2, -0.15) is 5.10 Å². The lowest BCUT2D eigenvalue weighted by Gasteiger charge is -2.28. The fourth-order valence-corrected chi connectivity index (χ4v) is 4.68. The van der Waals surface area contributed by atoms with Crippen molar-refractivity contribution in [3.63, 3.8) is 0 Å². The molecule has 2 heterocycles. The number of sulfonamides is 1. The van der Waals surface area contributed by atoms with E-state index in [4.69, 9.17) is 4.74 Å². The Kier molecular flexibility index (Phi) is 4.81. The summed E-state index contributed by atoms with van der Waals surface area (Å²) in [6, 6.07) is 2.00. The maximum absolute atomic E-state index is 12.6. The van der Waals surface area contributed by atoms with Crippen LogP contribution in [0, 0.1) is 13.8 Å². The molecule has 3 rings (SSSR count). The summed E-state index contributed by atoms with van der Waals surface area (Å²) in [5.74, 6) is 0. The van der Waals surface area contributed by atoms with Gasteiger partial charge in [0, 0.05) is 18.4 Å². The highest BCUT2D eigenvalue weighted by Crippen LogP contribution is 2.24. The van der Waals surface area contributed by atoms with Crippen LogP contribution in [-0.4, -0.2) is 40.7 Å². The molecule has 0 spiro atoms. The second-order valence-corrected chi connectivity index (χ2v) is 7.66. The summed E-state index contributed by atoms with van der Waals surface area (Å²) in [5, 5.41) is 6.67. The molecule has 2 aromatic rings. The number of rotatable bonds is 5. The maximum atomic E-state index is 12.6. The Morgan fingerprint density at radius 1 is 1.17 bits per heavy atom. The van der Waals surface area contributed by atoms with Gasteiger partial charge < -0.3 is 4.74 Å². The highest BCUT2D eigenvalue weighted by atomic mass is 32.2. The van der Waals surface area contributed by atoms with Crippen molar-refractivity contribution in [1.82, 2.24) is 24.9 Å². The van der Waals surface area contributed by atoms with E-state index in [9.17, 15) is 8.42 Å². The van der Waals surface area contributed by atoms with Crippen molar-refractivity contribution < 1.29 is 13.2 Å². The van der Waals surface area contributed by atoms with Crippen molar-refractivity contribution in [3.05, 3.63) is 29.8 Å². The topological polar surface area (TPSA) is 110 Å². The number of hydrogen-bond acceptors (Lipinski definition) is 6. The predicted molar refractivity (Wildman–Crippen MR) is 87.1 cm³/mol. The predicted octanol–water partition coefficient (Wildman–Crippen LogP) is 1.49. The second-order valence-electron chi connectivity index (χ2n) is 6.01. The Labute approximate surface area is 141 Å². The van der Waals surface area contributed by atoms with Crippen LogP contribution >= 0.6 is 0 Å². The van der Waals surface area contributed by atoms with Gasteiger partial charge in [0.05, 0.1) is 11.4 Å². The average molecular weight is 351 g/mol. The number of ether oxygens (including phenoxy) is 1. The normalized spacial score (nSPS) is 21.6. The lowest BCUT2D eigenvalue weighted by atomic mass is 9.94. The van der Waals surface area contributed by atoms with Crippen molar-refractivity contribution in [2.45, 2.75) is 56.6 Å². The minimum absolute atomic E-state index is 0.0190. The minimum Gasteiger partial charge on any atom is -0.460 e. The average Bonchev–Trinajstić information content (AvgIpc) is 2.90. The Morgan fingerprint density at radius 3 is 2.42 bits per heavy atom. The highest BCUT2D eigenvalue weighted by molar-refractivity contribution is 7.89. The summed E-state index contributed by atoms with van der Waals surface area (Å²) >= 11 is 0. The molecule has 0 bridgehead atoms. The van der Waals surface area contributed by atoms with E-state index in [1.807, 2.05) is 0 Å². The summed E-state index contributed by atoms with van der Waals surface area (Å²) in [6.07, 6.45) is 6.24. The molecule has 2 N–H and O–H groups in total. The van der Waals surface area contributed by atoms with Crippen LogP contribution < -0.4 is 9.46 Å². The van der Waals surface area contributed by atoms with E-state index in [0.29, 0.717) is 30.2 Å². The summed E-state index contributed by atoms with van der Waals surface area (Å²) in [5.41, 5.74) is 1.04. The van der Waals surface area contributed by atoms with Gasteiger partial charge in [-0.3, -0.25) is 5.10 Å². The first-order valence-corrected chi connectivity index (χ1v) is 9.41. The van der Waals surface area contributed by atoms with Gasteiger partial charge in [-0.1, -0.05) is 0 Å². The van der Waals surface area contributed by atoms with E-state index in [1.54, 1.807) is 32.3 Å². The molecule has 0 aliphatic heterocycles. The summed E-state index contributed by atoms with van der Waals surface area (Å²) in [4.78, 5) is 8.35. The van der Waals surface area contributed by atoms with Crippen LogP contribution in [0.25, 0.3) is 0 Å². The van der Waals surface area contributed by atoms with Crippen molar-refractivity contribution in [2.75, 3.05) is 0 Å². The van der Waals surface area contributed by atoms with E-state index in [1.165, 1.54) is 0 Å². The fourth-order valence-electron chi connectivity index (χ4n) is 3.01. The molecule has 1 fully saturated rings. The largest absolute Gasteiger partial charge is 0.460 e. The van der Waals surface area contributed by atoms with Crippen LogP contribution in [0.2, 0.25) is 0 Å². The third-order valence-electron chi connectivity index (χ3n) is 4.14. The number of aryl methyl sites for hydroxylation is 2. The van der Waals surface area contributed by atoms with Crippen LogP contribution in [0.5, 0.6) is 6.01 Å². The molecule has 0 saturated heterocycles. The molecular weight excluding hydrogens is 330 g/mol. The van der Waals surface area contributed by atoms with Crippen molar-refractivity contribution in [2.24, 2.45) is 0 Å². The molecule has 0 amide bonds. The van der Waals surface area contributed by atoms with Crippen LogP contribution in [-0.2, 0) is 10.0 Å². The van der Waals surface area contributed by atoms with Crippen LogP contribution in [0.1, 0.15) is 37.1 Å². The first-order valence-electron chi connectivity index (χ1n) is 7.93. The molecule has 0 radical (unpaired) electrons. The minimum atomic E-state index is -3.56. The number of hydrogen-bond donors (Lipinski definition) is 2. The zero-order valence-corrected chi connectivity index (χ0v) is 14.5. The number of aromatic amines is 1. The zero-order valence-electron chi connectivity index (χ0n) is 13.7. The first-order chi connectivity index (χ1) is 11.5. The van der Waals surface area contributed by atoms with Crippen molar-refractivity contribution >= 4 is 10.0 Å². The Hall–Kier alpha value is -2.00. The smallest absolute Gasteiger partial charge is 0.316 e. The molecule has 1 aliphatic carbocycles. The van der Waals surface area contributed by atoms with Gasteiger partial charge in [-0.15, -0.1) is 0 Å². The monoisotopic (exact) mass is 351 g/mol. The Bertz CT molecular complexity index is 763. The maximum Gasteiger partial charge on any atom is 0.316 e. The first kappa shape index (κ1) is 16.8. The van der Waals surface area contributed by atoms with Gasteiger partial charge in [0.1, 0.15) is 11.0 Å². The lowest BCUT2D eigenvalue weighted by Crippen LogP contribution is -2.40. The zero-order chi connectivity index (χ0) is 17.2. The molecule has 2 aromatic heterocycles. The van der Waals surface area contributed by atoms with Crippen LogP contribution in [0.4, 0.5) is 0 Å². The number of nitrogens with zero attached hydrogens (tertiary/aromatic N) is 3. The molecule has 130 valence electrons. The van der Waals surface area contributed by atoms with E-state index >= 15 is 0 Å². The lowest BCUT2D eigenvalue weighted by molar-refractivity contribution is 0.132. The van der Waals surface area contributed by atoms with Crippen LogP contribution in [0.15, 0.2) is 23.4 Å². The van der Waals surface area contributed by atoms with Gasteiger partial charge >= 0.3 is 6.01 Å². The Morgan fingerprint density at radius 2 is 1.83 bits per heavy atom. The molecular formula is C15H21N5O3S. The quantitative estimate of drug-likeness (QED) is 0.844. The van der Waals surface area contributed by atoms with Gasteiger partial charge in [-0.05, 0) is 45.6 Å². The molecule has 9 heteroatoms. The van der Waals surface area contributed by atoms with E-state index < -0.39 is 10.0 Å².